The summed E-state index contributed by atoms with van der Waals surface area (Å²) < 4.78 is 48.8. The lowest BCUT2D eigenvalue weighted by molar-refractivity contribution is -0.137. The highest BCUT2D eigenvalue weighted by Gasteiger charge is 2.42. The van der Waals surface area contributed by atoms with Gasteiger partial charge in [0.1, 0.15) is 19.0 Å². The Morgan fingerprint density at radius 2 is 2.00 bits per heavy atom. The van der Waals surface area contributed by atoms with Crippen molar-refractivity contribution in [1.82, 2.24) is 5.48 Å². The molecular formula is C22H31F3N2O7. The molecule has 0 saturated heterocycles. The zero-order valence-corrected chi connectivity index (χ0v) is 18.6. The van der Waals surface area contributed by atoms with E-state index in [0.717, 1.165) is 12.1 Å². The molecule has 192 valence electrons. The van der Waals surface area contributed by atoms with E-state index in [9.17, 15) is 33.1 Å². The van der Waals surface area contributed by atoms with E-state index in [4.69, 9.17) is 14.7 Å². The third-order valence-corrected chi connectivity index (χ3v) is 6.03. The van der Waals surface area contributed by atoms with Gasteiger partial charge in [0.25, 0.3) is 5.91 Å². The number of aliphatic hydroxyl groups excluding tert-OH is 2. The number of rotatable bonds is 14. The molecule has 0 aromatic heterocycles. The summed E-state index contributed by atoms with van der Waals surface area (Å²) in [4.78, 5) is 22.1. The van der Waals surface area contributed by atoms with Gasteiger partial charge in [-0.2, -0.15) is 18.1 Å². The normalized spacial score (nSPS) is 23.5. The minimum Gasteiger partial charge on any atom is -0.491 e. The van der Waals surface area contributed by atoms with Crippen LogP contribution in [-0.4, -0.2) is 59.4 Å². The first kappa shape index (κ1) is 28.0. The van der Waals surface area contributed by atoms with Crippen molar-refractivity contribution in [3.63, 3.8) is 0 Å². The van der Waals surface area contributed by atoms with Gasteiger partial charge in [0.2, 0.25) is 0 Å². The van der Waals surface area contributed by atoms with Crippen LogP contribution in [0.4, 0.5) is 13.2 Å². The van der Waals surface area contributed by atoms with Crippen LogP contribution in [0.25, 0.3) is 0 Å². The molecule has 5 atom stereocenters. The number of hydrogen-bond acceptors (Lipinski definition) is 8. The number of benzene rings is 1. The van der Waals surface area contributed by atoms with Crippen LogP contribution in [0.2, 0.25) is 0 Å². The average molecular weight is 492 g/mol. The number of unbranched alkanes of at least 4 members (excludes halogenated alkanes) is 1. The quantitative estimate of drug-likeness (QED) is 0.136. The molecule has 9 nitrogen and oxygen atoms in total. The van der Waals surface area contributed by atoms with E-state index in [1.807, 2.05) is 0 Å². The first-order valence-electron chi connectivity index (χ1n) is 11.1. The van der Waals surface area contributed by atoms with Crippen molar-refractivity contribution < 1.29 is 42.9 Å². The minimum atomic E-state index is -4.49. The highest BCUT2D eigenvalue weighted by Crippen LogP contribution is 2.40. The second-order valence-corrected chi connectivity index (χ2v) is 8.45. The molecule has 0 aliphatic heterocycles. The summed E-state index contributed by atoms with van der Waals surface area (Å²) in [6.45, 7) is -0.177. The van der Waals surface area contributed by atoms with Crippen LogP contribution >= 0.6 is 0 Å². The number of nitrogens with one attached hydrogen (secondary N) is 1. The van der Waals surface area contributed by atoms with Crippen LogP contribution in [0, 0.1) is 16.7 Å². The van der Waals surface area contributed by atoms with Gasteiger partial charge in [-0.05, 0) is 62.1 Å². The zero-order valence-electron chi connectivity index (χ0n) is 18.6. The molecule has 2 rings (SSSR count). The van der Waals surface area contributed by atoms with E-state index >= 15 is 0 Å². The van der Waals surface area contributed by atoms with Gasteiger partial charge in [-0.15, -0.1) is 0 Å². The van der Waals surface area contributed by atoms with Crippen LogP contribution in [-0.2, 0) is 15.7 Å². The number of carbonyl (C=O) groups is 1. The maximum atomic E-state index is 12.8. The molecule has 1 saturated carbocycles. The molecule has 12 heteroatoms. The highest BCUT2D eigenvalue weighted by molar-refractivity contribution is 5.75. The molecule has 1 aromatic carbocycles. The second kappa shape index (κ2) is 13.6. The SMILES string of the molecule is O=NC1C[C@H](O)[C@H](CCCCOCC(=O)NO)[C@H]1CC[C@@H](O)COc1cccc(C(F)(F)F)c1. The molecule has 1 unspecified atom stereocenters. The lowest BCUT2D eigenvalue weighted by atomic mass is 9.84. The lowest BCUT2D eigenvalue weighted by Crippen LogP contribution is -2.25. The second-order valence-electron chi connectivity index (χ2n) is 8.45. The molecule has 1 fully saturated rings. The first-order chi connectivity index (χ1) is 16.2. The maximum absolute atomic E-state index is 12.8. The number of halogens is 3. The zero-order chi connectivity index (χ0) is 25.1. The fourth-order valence-electron chi connectivity index (χ4n) is 4.31. The Kier molecular flexibility index (Phi) is 11.2. The summed E-state index contributed by atoms with van der Waals surface area (Å²) in [5, 5.41) is 32.2. The summed E-state index contributed by atoms with van der Waals surface area (Å²) in [6, 6.07) is 3.81. The molecular weight excluding hydrogens is 461 g/mol. The Hall–Kier alpha value is -2.28. The number of nitrogens with zero attached hydrogens (tertiary/aromatic N) is 1. The Labute approximate surface area is 195 Å². The van der Waals surface area contributed by atoms with Crippen molar-refractivity contribution in [3.05, 3.63) is 34.7 Å². The number of nitroso groups, excluding NO2 is 1. The smallest absolute Gasteiger partial charge is 0.416 e. The van der Waals surface area contributed by atoms with Gasteiger partial charge in [0.15, 0.2) is 0 Å². The molecule has 1 aliphatic rings. The molecule has 34 heavy (non-hydrogen) atoms. The molecule has 1 aliphatic carbocycles. The number of alkyl halides is 3. The topological polar surface area (TPSA) is 138 Å². The van der Waals surface area contributed by atoms with E-state index in [2.05, 4.69) is 5.18 Å². The Morgan fingerprint density at radius 1 is 1.24 bits per heavy atom. The van der Waals surface area contributed by atoms with Gasteiger partial charge in [-0.3, -0.25) is 10.0 Å². The Bertz CT molecular complexity index is 781. The molecule has 1 amide bonds. The molecule has 0 heterocycles. The Morgan fingerprint density at radius 3 is 2.68 bits per heavy atom. The molecule has 4 N–H and O–H groups in total. The number of hydrogen-bond donors (Lipinski definition) is 4. The van der Waals surface area contributed by atoms with Crippen LogP contribution in [0.15, 0.2) is 29.4 Å². The number of amides is 1. The standard InChI is InChI=1S/C22H31F3N2O7/c23-22(24,25)14-4-3-5-16(10-14)34-12-15(28)7-8-17-18(20(29)11-19(17)26-31)6-1-2-9-33-13-21(30)27-32/h3-5,10,15,17-20,28-29,32H,1-2,6-9,11-13H2,(H,27,30)/t15-,17-,18-,19?,20+/m1/s1. The highest BCUT2D eigenvalue weighted by atomic mass is 19.4. The van der Waals surface area contributed by atoms with Crippen LogP contribution in [0.3, 0.4) is 0 Å². The summed E-state index contributed by atoms with van der Waals surface area (Å²) >= 11 is 0. The van der Waals surface area contributed by atoms with Gasteiger partial charge >= 0.3 is 6.18 Å². The molecule has 1 aromatic rings. The van der Waals surface area contributed by atoms with Crippen LogP contribution in [0.5, 0.6) is 5.75 Å². The average Bonchev–Trinajstić information content (AvgIpc) is 3.12. The third-order valence-electron chi connectivity index (χ3n) is 6.03. The van der Waals surface area contributed by atoms with Crippen molar-refractivity contribution in [2.45, 2.75) is 63.0 Å². The largest absolute Gasteiger partial charge is 0.491 e. The van der Waals surface area contributed by atoms with Crippen molar-refractivity contribution >= 4 is 5.91 Å². The van der Waals surface area contributed by atoms with Gasteiger partial charge < -0.3 is 19.7 Å². The molecule has 0 bridgehead atoms. The Balaban J connectivity index is 1.79. The summed E-state index contributed by atoms with van der Waals surface area (Å²) in [6.07, 6.45) is -3.40. The van der Waals surface area contributed by atoms with Gasteiger partial charge in [0, 0.05) is 6.61 Å². The molecule has 0 radical (unpaired) electrons. The van der Waals surface area contributed by atoms with Crippen LogP contribution < -0.4 is 10.2 Å². The lowest BCUT2D eigenvalue weighted by Gasteiger charge is -2.24. The predicted octanol–water partition coefficient (Wildman–Crippen LogP) is 3.05. The first-order valence-corrected chi connectivity index (χ1v) is 11.1. The number of ether oxygens (including phenoxy) is 2. The van der Waals surface area contributed by atoms with Gasteiger partial charge in [-0.25, -0.2) is 5.48 Å². The van der Waals surface area contributed by atoms with Gasteiger partial charge in [-0.1, -0.05) is 17.7 Å². The van der Waals surface area contributed by atoms with E-state index in [1.165, 1.54) is 17.6 Å². The minimum absolute atomic E-state index is 0.00540. The van der Waals surface area contributed by atoms with Crippen molar-refractivity contribution in [2.75, 3.05) is 19.8 Å². The fourth-order valence-corrected chi connectivity index (χ4v) is 4.31. The fraction of sp³-hybridized carbons (Fsp3) is 0.682. The van der Waals surface area contributed by atoms with E-state index in [0.29, 0.717) is 32.3 Å². The van der Waals surface area contributed by atoms with Gasteiger partial charge in [0.05, 0.1) is 23.8 Å². The van der Waals surface area contributed by atoms with Crippen LogP contribution in [0.1, 0.15) is 44.1 Å². The van der Waals surface area contributed by atoms with E-state index < -0.39 is 35.9 Å². The molecule has 0 spiro atoms. The maximum Gasteiger partial charge on any atom is 0.416 e. The monoisotopic (exact) mass is 492 g/mol. The number of aliphatic hydroxyl groups is 2. The summed E-state index contributed by atoms with van der Waals surface area (Å²) in [7, 11) is 0. The van der Waals surface area contributed by atoms with E-state index in [-0.39, 0.29) is 43.6 Å². The van der Waals surface area contributed by atoms with E-state index in [1.54, 1.807) is 0 Å². The summed E-state index contributed by atoms with van der Waals surface area (Å²) in [5.41, 5.74) is 0.618. The predicted molar refractivity (Wildman–Crippen MR) is 114 cm³/mol. The van der Waals surface area contributed by atoms with Crippen molar-refractivity contribution in [2.24, 2.45) is 17.0 Å². The third kappa shape index (κ3) is 8.82. The van der Waals surface area contributed by atoms with Crippen molar-refractivity contribution in [3.8, 4) is 5.75 Å². The van der Waals surface area contributed by atoms with Crippen molar-refractivity contribution in [1.29, 1.82) is 0 Å². The summed E-state index contributed by atoms with van der Waals surface area (Å²) in [5.74, 6) is -1.09. The number of hydroxylamine groups is 1. The number of carbonyl (C=O) groups excluding carboxylic acids is 1.